The van der Waals surface area contributed by atoms with Crippen molar-refractivity contribution in [1.29, 1.82) is 0 Å². The summed E-state index contributed by atoms with van der Waals surface area (Å²) in [6, 6.07) is 10.2. The second kappa shape index (κ2) is 5.71. The Morgan fingerprint density at radius 1 is 1.17 bits per heavy atom. The minimum atomic E-state index is 0.147. The molecule has 0 spiro atoms. The molecule has 2 aromatic rings. The Morgan fingerprint density at radius 3 is 2.44 bits per heavy atom. The van der Waals surface area contributed by atoms with Gasteiger partial charge < -0.3 is 11.1 Å². The molecular formula is C13H13Br2N3. The highest BCUT2D eigenvalue weighted by Gasteiger charge is 2.08. The van der Waals surface area contributed by atoms with Gasteiger partial charge in [-0.3, -0.25) is 0 Å². The van der Waals surface area contributed by atoms with Crippen molar-refractivity contribution in [3.05, 3.63) is 51.0 Å². The molecule has 1 atom stereocenters. The summed E-state index contributed by atoms with van der Waals surface area (Å²) in [5, 5.41) is 3.30. The van der Waals surface area contributed by atoms with Crippen molar-refractivity contribution in [2.75, 3.05) is 11.1 Å². The molecule has 0 aliphatic rings. The first-order valence-corrected chi connectivity index (χ1v) is 7.08. The molecule has 1 aromatic carbocycles. The van der Waals surface area contributed by atoms with Crippen LogP contribution < -0.4 is 11.1 Å². The van der Waals surface area contributed by atoms with E-state index in [9.17, 15) is 0 Å². The first-order chi connectivity index (χ1) is 8.56. The van der Waals surface area contributed by atoms with Crippen LogP contribution in [0.4, 0.5) is 11.5 Å². The second-order valence-electron chi connectivity index (χ2n) is 4.01. The van der Waals surface area contributed by atoms with E-state index >= 15 is 0 Å². The predicted molar refractivity (Wildman–Crippen MR) is 82.5 cm³/mol. The monoisotopic (exact) mass is 369 g/mol. The number of pyridine rings is 1. The third-order valence-corrected chi connectivity index (χ3v) is 3.57. The van der Waals surface area contributed by atoms with E-state index in [0.29, 0.717) is 11.5 Å². The van der Waals surface area contributed by atoms with E-state index in [1.54, 1.807) is 6.20 Å². The summed E-state index contributed by atoms with van der Waals surface area (Å²) < 4.78 is 1.95. The summed E-state index contributed by atoms with van der Waals surface area (Å²) in [7, 11) is 0. The zero-order valence-corrected chi connectivity index (χ0v) is 13.0. The van der Waals surface area contributed by atoms with Gasteiger partial charge in [0.05, 0.1) is 11.7 Å². The number of nitrogens with two attached hydrogens (primary N) is 1. The highest BCUT2D eigenvalue weighted by molar-refractivity contribution is 9.10. The first-order valence-electron chi connectivity index (χ1n) is 5.49. The van der Waals surface area contributed by atoms with E-state index in [2.05, 4.69) is 61.2 Å². The average Bonchev–Trinajstić information content (AvgIpc) is 2.33. The Bertz CT molecular complexity index is 540. The lowest BCUT2D eigenvalue weighted by atomic mass is 10.1. The van der Waals surface area contributed by atoms with Gasteiger partial charge in [-0.15, -0.1) is 0 Å². The molecule has 0 fully saturated rings. The van der Waals surface area contributed by atoms with Crippen molar-refractivity contribution in [2.45, 2.75) is 13.0 Å². The zero-order valence-electron chi connectivity index (χ0n) is 9.82. The normalized spacial score (nSPS) is 12.2. The van der Waals surface area contributed by atoms with Crippen molar-refractivity contribution in [3.8, 4) is 0 Å². The minimum absolute atomic E-state index is 0.147. The molecule has 0 saturated carbocycles. The van der Waals surface area contributed by atoms with Gasteiger partial charge in [-0.2, -0.15) is 0 Å². The van der Waals surface area contributed by atoms with Crippen LogP contribution in [0.15, 0.2) is 45.5 Å². The standard InChI is InChI=1S/C13H13Br2N3/c1-8(9-2-4-10(14)5-3-9)18-13-12(16)6-11(15)7-17-13/h2-8H,16H2,1H3,(H,17,18). The number of hydrogen-bond donors (Lipinski definition) is 2. The molecular weight excluding hydrogens is 358 g/mol. The maximum atomic E-state index is 5.91. The number of anilines is 2. The molecule has 1 heterocycles. The molecule has 3 N–H and O–H groups in total. The molecule has 1 aromatic heterocycles. The highest BCUT2D eigenvalue weighted by Crippen LogP contribution is 2.25. The van der Waals surface area contributed by atoms with Crippen LogP contribution in [-0.2, 0) is 0 Å². The van der Waals surface area contributed by atoms with Gasteiger partial charge in [0.25, 0.3) is 0 Å². The van der Waals surface area contributed by atoms with Gasteiger partial charge >= 0.3 is 0 Å². The summed E-state index contributed by atoms with van der Waals surface area (Å²) >= 11 is 6.76. The lowest BCUT2D eigenvalue weighted by Crippen LogP contribution is -2.09. The fourth-order valence-electron chi connectivity index (χ4n) is 1.62. The van der Waals surface area contributed by atoms with Gasteiger partial charge in [0.1, 0.15) is 5.82 Å². The highest BCUT2D eigenvalue weighted by atomic mass is 79.9. The summed E-state index contributed by atoms with van der Waals surface area (Å²) in [6.07, 6.45) is 1.73. The van der Waals surface area contributed by atoms with E-state index in [1.165, 1.54) is 5.56 Å². The smallest absolute Gasteiger partial charge is 0.149 e. The number of halogens is 2. The topological polar surface area (TPSA) is 50.9 Å². The Balaban J connectivity index is 2.15. The van der Waals surface area contributed by atoms with Crippen LogP contribution in [0, 0.1) is 0 Å². The molecule has 94 valence electrons. The van der Waals surface area contributed by atoms with Crippen LogP contribution in [0.25, 0.3) is 0 Å². The molecule has 0 aliphatic carbocycles. The quantitative estimate of drug-likeness (QED) is 0.843. The van der Waals surface area contributed by atoms with Crippen molar-refractivity contribution in [2.24, 2.45) is 0 Å². The molecule has 1 unspecified atom stereocenters. The number of rotatable bonds is 3. The largest absolute Gasteiger partial charge is 0.396 e. The number of nitrogens with one attached hydrogen (secondary N) is 1. The molecule has 5 heteroatoms. The van der Waals surface area contributed by atoms with Crippen molar-refractivity contribution < 1.29 is 0 Å². The van der Waals surface area contributed by atoms with Crippen molar-refractivity contribution in [3.63, 3.8) is 0 Å². The van der Waals surface area contributed by atoms with Crippen molar-refractivity contribution in [1.82, 2.24) is 4.98 Å². The van der Waals surface area contributed by atoms with Gasteiger partial charge in [-0.1, -0.05) is 28.1 Å². The minimum Gasteiger partial charge on any atom is -0.396 e. The summed E-state index contributed by atoms with van der Waals surface area (Å²) in [5.74, 6) is 0.702. The van der Waals surface area contributed by atoms with Gasteiger partial charge in [0.2, 0.25) is 0 Å². The predicted octanol–water partition coefficient (Wildman–Crippen LogP) is 4.36. The SMILES string of the molecule is CC(Nc1ncc(Br)cc1N)c1ccc(Br)cc1. The first kappa shape index (κ1) is 13.4. The van der Waals surface area contributed by atoms with Crippen molar-refractivity contribution >= 4 is 43.4 Å². The van der Waals surface area contributed by atoms with Crippen LogP contribution in [0.1, 0.15) is 18.5 Å². The lowest BCUT2D eigenvalue weighted by molar-refractivity contribution is 0.875. The van der Waals surface area contributed by atoms with Crippen LogP contribution in [-0.4, -0.2) is 4.98 Å². The van der Waals surface area contributed by atoms with Gasteiger partial charge in [-0.25, -0.2) is 4.98 Å². The molecule has 2 rings (SSSR count). The fourth-order valence-corrected chi connectivity index (χ4v) is 2.23. The number of hydrogen-bond acceptors (Lipinski definition) is 3. The molecule has 3 nitrogen and oxygen atoms in total. The number of benzene rings is 1. The Morgan fingerprint density at radius 2 is 1.83 bits per heavy atom. The summed E-state index contributed by atoms with van der Waals surface area (Å²) in [6.45, 7) is 2.08. The second-order valence-corrected chi connectivity index (χ2v) is 5.84. The molecule has 0 amide bonds. The van der Waals surface area contributed by atoms with E-state index in [-0.39, 0.29) is 6.04 Å². The molecule has 0 bridgehead atoms. The third-order valence-electron chi connectivity index (χ3n) is 2.61. The van der Waals surface area contributed by atoms with Crippen LogP contribution in [0.5, 0.6) is 0 Å². The molecule has 0 saturated heterocycles. The number of nitrogen functional groups attached to an aromatic ring is 1. The zero-order chi connectivity index (χ0) is 13.1. The van der Waals surface area contributed by atoms with E-state index in [1.807, 2.05) is 18.2 Å². The van der Waals surface area contributed by atoms with Crippen LogP contribution >= 0.6 is 31.9 Å². The number of aromatic nitrogens is 1. The van der Waals surface area contributed by atoms with Gasteiger partial charge in [0, 0.05) is 15.1 Å². The van der Waals surface area contributed by atoms with E-state index < -0.39 is 0 Å². The van der Waals surface area contributed by atoms with Gasteiger partial charge in [-0.05, 0) is 46.6 Å². The maximum absolute atomic E-state index is 5.91. The fraction of sp³-hybridized carbons (Fsp3) is 0.154. The van der Waals surface area contributed by atoms with Crippen LogP contribution in [0.2, 0.25) is 0 Å². The third kappa shape index (κ3) is 3.23. The van der Waals surface area contributed by atoms with Crippen LogP contribution in [0.3, 0.4) is 0 Å². The maximum Gasteiger partial charge on any atom is 0.149 e. The average molecular weight is 371 g/mol. The summed E-state index contributed by atoms with van der Waals surface area (Å²) in [5.41, 5.74) is 7.72. The molecule has 0 radical (unpaired) electrons. The Hall–Kier alpha value is -1.07. The lowest BCUT2D eigenvalue weighted by Gasteiger charge is -2.16. The van der Waals surface area contributed by atoms with E-state index in [4.69, 9.17) is 5.73 Å². The Kier molecular flexibility index (Phi) is 4.24. The Labute approximate surface area is 123 Å². The summed E-state index contributed by atoms with van der Waals surface area (Å²) in [4.78, 5) is 4.27. The molecule has 0 aliphatic heterocycles. The molecule has 18 heavy (non-hydrogen) atoms. The number of nitrogens with zero attached hydrogens (tertiary/aromatic N) is 1. The van der Waals surface area contributed by atoms with E-state index in [0.717, 1.165) is 8.95 Å². The van der Waals surface area contributed by atoms with Gasteiger partial charge in [0.15, 0.2) is 0 Å².